The van der Waals surface area contributed by atoms with E-state index in [0.29, 0.717) is 0 Å². The molecule has 6 nitrogen and oxygen atoms in total. The molecule has 20 heavy (non-hydrogen) atoms. The summed E-state index contributed by atoms with van der Waals surface area (Å²) in [5, 5.41) is 0. The van der Waals surface area contributed by atoms with Gasteiger partial charge in [0.25, 0.3) is 0 Å². The number of carbonyl (C=O) groups excluding carboxylic acids is 2. The summed E-state index contributed by atoms with van der Waals surface area (Å²) in [5.74, 6) is -0.557. The molecule has 2 atom stereocenters. The van der Waals surface area contributed by atoms with Crippen LogP contribution in [0.15, 0.2) is 0 Å². The first-order chi connectivity index (χ1) is 9.15. The van der Waals surface area contributed by atoms with Gasteiger partial charge in [0, 0.05) is 0 Å². The number of carbonyl (C=O) groups is 2. The van der Waals surface area contributed by atoms with E-state index in [1.807, 2.05) is 0 Å². The van der Waals surface area contributed by atoms with E-state index >= 15 is 0 Å². The van der Waals surface area contributed by atoms with Crippen molar-refractivity contribution in [3.63, 3.8) is 0 Å². The number of hydrogen-bond acceptors (Lipinski definition) is 6. The van der Waals surface area contributed by atoms with E-state index in [1.54, 1.807) is 13.8 Å². The van der Waals surface area contributed by atoms with Gasteiger partial charge in [0.15, 0.2) is 0 Å². The summed E-state index contributed by atoms with van der Waals surface area (Å²) < 4.78 is 19.6. The Morgan fingerprint density at radius 1 is 0.750 bits per heavy atom. The van der Waals surface area contributed by atoms with Crippen molar-refractivity contribution in [3.05, 3.63) is 0 Å². The van der Waals surface area contributed by atoms with Crippen LogP contribution >= 0.6 is 0 Å². The van der Waals surface area contributed by atoms with E-state index < -0.39 is 33.2 Å². The van der Waals surface area contributed by atoms with Crippen molar-refractivity contribution in [3.8, 4) is 0 Å². The van der Waals surface area contributed by atoms with Gasteiger partial charge in [-0.05, 0) is 0 Å². The van der Waals surface area contributed by atoms with Crippen LogP contribution in [0, 0.1) is 0 Å². The predicted octanol–water partition coefficient (Wildman–Crippen LogP) is 1.63. The SMILES string of the molecule is COC(=O)[C@H](C)[O][Ga]([CH3])[CH3].COC(=O)[C@H](C)[O][Ga]([CH3])[CH3]. The van der Waals surface area contributed by atoms with Crippen LogP contribution in [0.3, 0.4) is 0 Å². The molecule has 0 aliphatic rings. The van der Waals surface area contributed by atoms with Gasteiger partial charge < -0.3 is 0 Å². The molecule has 116 valence electrons. The van der Waals surface area contributed by atoms with Crippen molar-refractivity contribution >= 4 is 45.1 Å². The van der Waals surface area contributed by atoms with Crippen LogP contribution in [-0.4, -0.2) is 71.5 Å². The summed E-state index contributed by atoms with van der Waals surface area (Å²) in [7, 11) is 2.74. The van der Waals surface area contributed by atoms with Crippen LogP contribution in [0.4, 0.5) is 0 Å². The Morgan fingerprint density at radius 2 is 1.00 bits per heavy atom. The zero-order chi connectivity index (χ0) is 16.3. The van der Waals surface area contributed by atoms with Gasteiger partial charge in [-0.15, -0.1) is 0 Å². The molecule has 0 saturated heterocycles. The molecule has 8 heteroatoms. The second-order valence-electron chi connectivity index (χ2n) is 4.70. The number of ether oxygens (including phenoxy) is 2. The fourth-order valence-electron chi connectivity index (χ4n) is 1.26. The Bertz CT molecular complexity index is 255. The third-order valence-electron chi connectivity index (χ3n) is 2.02. The molecule has 0 amide bonds. The summed E-state index contributed by atoms with van der Waals surface area (Å²) in [4.78, 5) is 21.5. The first kappa shape index (κ1) is 22.4. The molecule has 0 aliphatic carbocycles. The van der Waals surface area contributed by atoms with Gasteiger partial charge in [0.2, 0.25) is 0 Å². The Balaban J connectivity index is 0. The third-order valence-corrected chi connectivity index (χ3v) is 6.02. The van der Waals surface area contributed by atoms with Gasteiger partial charge in [-0.25, -0.2) is 0 Å². The molecule has 0 aromatic heterocycles. The molecule has 0 fully saturated rings. The fourth-order valence-corrected chi connectivity index (χ4v) is 5.15. The van der Waals surface area contributed by atoms with Crippen molar-refractivity contribution in [1.29, 1.82) is 0 Å². The molecule has 0 aromatic carbocycles. The average Bonchev–Trinajstić information content (AvgIpc) is 2.35. The van der Waals surface area contributed by atoms with Crippen LogP contribution in [0.1, 0.15) is 13.8 Å². The molecule has 0 radical (unpaired) electrons. The first-order valence-electron chi connectivity index (χ1n) is 6.62. The molecule has 0 heterocycles. The van der Waals surface area contributed by atoms with E-state index in [-0.39, 0.29) is 24.1 Å². The van der Waals surface area contributed by atoms with Gasteiger partial charge in [-0.3, -0.25) is 0 Å². The molecule has 0 bridgehead atoms. The van der Waals surface area contributed by atoms with Crippen molar-refractivity contribution in [2.75, 3.05) is 14.2 Å². The van der Waals surface area contributed by atoms with Gasteiger partial charge >= 0.3 is 133 Å². The molecule has 0 unspecified atom stereocenters. The van der Waals surface area contributed by atoms with Crippen LogP contribution < -0.4 is 0 Å². The summed E-state index contributed by atoms with van der Waals surface area (Å²) in [6, 6.07) is 0. The Morgan fingerprint density at radius 3 is 1.15 bits per heavy atom. The normalized spacial score (nSPS) is 12.4. The second-order valence-corrected chi connectivity index (χ2v) is 14.6. The molecule has 0 spiro atoms. The summed E-state index contributed by atoms with van der Waals surface area (Å²) in [6.07, 6.45) is -0.741. The maximum atomic E-state index is 10.7. The van der Waals surface area contributed by atoms with Crippen molar-refractivity contribution in [1.82, 2.24) is 0 Å². The first-order valence-corrected chi connectivity index (χ1v) is 18.3. The van der Waals surface area contributed by atoms with Crippen LogP contribution in [-0.2, 0) is 26.1 Å². The zero-order valence-corrected chi connectivity index (χ0v) is 18.6. The van der Waals surface area contributed by atoms with Crippen LogP contribution in [0.5, 0.6) is 0 Å². The van der Waals surface area contributed by atoms with Gasteiger partial charge in [-0.1, -0.05) is 0 Å². The van der Waals surface area contributed by atoms with Gasteiger partial charge in [0.05, 0.1) is 0 Å². The van der Waals surface area contributed by atoms with Gasteiger partial charge in [-0.2, -0.15) is 0 Å². The summed E-state index contributed by atoms with van der Waals surface area (Å²) in [6.45, 7) is 3.44. The molecule has 0 saturated carbocycles. The zero-order valence-electron chi connectivity index (χ0n) is 13.8. The maximum absolute atomic E-state index is 10.7. The average molecular weight is 406 g/mol. The van der Waals surface area contributed by atoms with E-state index in [9.17, 15) is 9.59 Å². The number of rotatable bonds is 6. The van der Waals surface area contributed by atoms with Crippen LogP contribution in [0.2, 0.25) is 21.9 Å². The quantitative estimate of drug-likeness (QED) is 0.494. The van der Waals surface area contributed by atoms with Crippen molar-refractivity contribution < 1.29 is 26.1 Å². The number of esters is 2. The second kappa shape index (κ2) is 12.8. The third kappa shape index (κ3) is 13.1. The van der Waals surface area contributed by atoms with E-state index in [4.69, 9.17) is 7.06 Å². The number of hydrogen-bond donors (Lipinski definition) is 0. The number of methoxy groups -OCH3 is 2. The Kier molecular flexibility index (Phi) is 14.4. The summed E-state index contributed by atoms with van der Waals surface area (Å²) >= 11 is -3.01. The van der Waals surface area contributed by atoms with Crippen LogP contribution in [0.25, 0.3) is 0 Å². The monoisotopic (exact) mass is 404 g/mol. The van der Waals surface area contributed by atoms with E-state index in [2.05, 4.69) is 31.4 Å². The molecular formula is C12H26Ga2O6. The van der Waals surface area contributed by atoms with Crippen molar-refractivity contribution in [2.45, 2.75) is 48.0 Å². The molecular weight excluding hydrogens is 380 g/mol. The molecule has 0 rings (SSSR count). The van der Waals surface area contributed by atoms with E-state index in [1.165, 1.54) is 14.2 Å². The fraction of sp³-hybridized carbons (Fsp3) is 0.833. The predicted molar refractivity (Wildman–Crippen MR) is 80.1 cm³/mol. The Labute approximate surface area is 133 Å². The standard InChI is InChI=1S/2C4H7O3.4CH3.2Ga/c2*1-3(5)4(6)7-2;;;;;;/h2*3H,1-2H3;4*1H3;;/q2*-1;;;;;2*+1/t2*3-;;;;;;/m00....../s1. The topological polar surface area (TPSA) is 71.1 Å². The minimum absolute atomic E-state index is 0.278. The van der Waals surface area contributed by atoms with Gasteiger partial charge in [0.1, 0.15) is 0 Å². The Hall–Kier alpha value is 0.133. The van der Waals surface area contributed by atoms with E-state index in [0.717, 1.165) is 0 Å². The molecule has 0 aliphatic heterocycles. The minimum atomic E-state index is -1.51. The van der Waals surface area contributed by atoms with Crippen molar-refractivity contribution in [2.24, 2.45) is 0 Å². The molecule has 0 N–H and O–H groups in total. The summed E-state index contributed by atoms with van der Waals surface area (Å²) in [5.41, 5.74) is 8.25. The molecule has 0 aromatic rings.